The van der Waals surface area contributed by atoms with E-state index in [0.29, 0.717) is 5.41 Å². The average Bonchev–Trinajstić information content (AvgIpc) is 2.55. The van der Waals surface area contributed by atoms with Crippen LogP contribution in [-0.4, -0.2) is 24.7 Å². The van der Waals surface area contributed by atoms with Crippen LogP contribution in [-0.2, 0) is 14.6 Å². The Labute approximate surface area is 103 Å². The first-order valence-electron chi connectivity index (χ1n) is 4.92. The van der Waals surface area contributed by atoms with Gasteiger partial charge in [-0.2, -0.15) is 4.99 Å². The molecule has 1 aliphatic heterocycles. The quantitative estimate of drug-likeness (QED) is 0.865. The molecule has 6 nitrogen and oxygen atoms in total. The number of aryl methyl sites for hydroxylation is 1. The lowest BCUT2D eigenvalue weighted by molar-refractivity contribution is -0.132. The van der Waals surface area contributed by atoms with E-state index in [-0.39, 0.29) is 5.75 Å². The molecule has 1 aromatic rings. The summed E-state index contributed by atoms with van der Waals surface area (Å²) >= 11 is 0. The first-order valence-corrected chi connectivity index (χ1v) is 6.46. The molecule has 0 aromatic heterocycles. The van der Waals surface area contributed by atoms with Crippen LogP contribution in [0.1, 0.15) is 5.56 Å². The second kappa shape index (κ2) is 4.26. The molecule has 0 saturated heterocycles. The summed E-state index contributed by atoms with van der Waals surface area (Å²) in [5.41, 5.74) is 0.326. The number of nitrogens with zero attached hydrogens (tertiary/aromatic N) is 1. The van der Waals surface area contributed by atoms with Gasteiger partial charge < -0.3 is 9.84 Å². The Balaban J connectivity index is 2.32. The summed E-state index contributed by atoms with van der Waals surface area (Å²) in [5, 5.41) is 8.63. The first kappa shape index (κ1) is 12.3. The third-order valence-corrected chi connectivity index (χ3v) is 3.33. The van der Waals surface area contributed by atoms with Gasteiger partial charge in [0.25, 0.3) is 9.84 Å². The van der Waals surface area contributed by atoms with E-state index in [2.05, 4.69) is 4.99 Å². The third-order valence-electron chi connectivity index (χ3n) is 2.14. The second-order valence-corrected chi connectivity index (χ2v) is 5.32. The average molecular weight is 267 g/mol. The number of ether oxygens (including phenoxy) is 1. The van der Waals surface area contributed by atoms with Gasteiger partial charge in [0.1, 0.15) is 5.75 Å². The van der Waals surface area contributed by atoms with Crippen LogP contribution in [0.25, 0.3) is 0 Å². The lowest BCUT2D eigenvalue weighted by Gasteiger charge is -2.04. The standard InChI is InChI=1S/C11H9NO5S/c1-7-3-2-4-8(5-7)17-11-12-9(10(13)14)6-18(11,15)16/h2-6H,1H3,(H,13,14). The maximum Gasteiger partial charge on any atom is 0.355 e. The van der Waals surface area contributed by atoms with Gasteiger partial charge >= 0.3 is 11.2 Å². The Hall–Kier alpha value is -2.15. The molecule has 0 radical (unpaired) electrons. The van der Waals surface area contributed by atoms with Gasteiger partial charge in [-0.05, 0) is 24.6 Å². The fraction of sp³-hybridized carbons (Fsp3) is 0.0909. The Morgan fingerprint density at radius 1 is 1.39 bits per heavy atom. The van der Waals surface area contributed by atoms with Gasteiger partial charge in [-0.3, -0.25) is 0 Å². The van der Waals surface area contributed by atoms with Crippen LogP contribution in [0.15, 0.2) is 40.4 Å². The van der Waals surface area contributed by atoms with E-state index < -0.39 is 26.7 Å². The van der Waals surface area contributed by atoms with Crippen molar-refractivity contribution in [3.8, 4) is 5.75 Å². The summed E-state index contributed by atoms with van der Waals surface area (Å²) in [6, 6.07) is 6.69. The molecular weight excluding hydrogens is 258 g/mol. The van der Waals surface area contributed by atoms with Crippen molar-refractivity contribution in [3.05, 3.63) is 40.9 Å². The van der Waals surface area contributed by atoms with Crippen LogP contribution in [0.5, 0.6) is 5.75 Å². The van der Waals surface area contributed by atoms with Crippen LogP contribution in [0.3, 0.4) is 0 Å². The largest absolute Gasteiger partial charge is 0.476 e. The van der Waals surface area contributed by atoms with E-state index >= 15 is 0 Å². The predicted molar refractivity (Wildman–Crippen MR) is 63.9 cm³/mol. The maximum atomic E-state index is 11.6. The molecule has 0 atom stereocenters. The van der Waals surface area contributed by atoms with Crippen molar-refractivity contribution < 1.29 is 23.1 Å². The normalized spacial score (nSPS) is 16.9. The Bertz CT molecular complexity index is 672. The molecular formula is C11H9NO5S. The van der Waals surface area contributed by atoms with E-state index in [1.54, 1.807) is 18.2 Å². The summed E-state index contributed by atoms with van der Waals surface area (Å²) < 4.78 is 28.2. The molecule has 94 valence electrons. The Morgan fingerprint density at radius 3 is 2.67 bits per heavy atom. The number of hydrogen-bond acceptors (Lipinski definition) is 5. The highest BCUT2D eigenvalue weighted by Gasteiger charge is 2.30. The molecule has 0 saturated carbocycles. The zero-order valence-corrected chi connectivity index (χ0v) is 10.1. The van der Waals surface area contributed by atoms with E-state index in [1.165, 1.54) is 0 Å². The summed E-state index contributed by atoms with van der Waals surface area (Å²) in [6.45, 7) is 1.82. The zero-order chi connectivity index (χ0) is 13.3. The van der Waals surface area contributed by atoms with Crippen LogP contribution in [0, 0.1) is 6.92 Å². The number of hydrogen-bond donors (Lipinski definition) is 1. The Morgan fingerprint density at radius 2 is 2.11 bits per heavy atom. The highest BCUT2D eigenvalue weighted by atomic mass is 32.2. The van der Waals surface area contributed by atoms with E-state index in [1.807, 2.05) is 13.0 Å². The van der Waals surface area contributed by atoms with Crippen molar-refractivity contribution >= 4 is 21.0 Å². The van der Waals surface area contributed by atoms with Crippen molar-refractivity contribution in [1.29, 1.82) is 0 Å². The second-order valence-electron chi connectivity index (χ2n) is 3.65. The van der Waals surface area contributed by atoms with Crippen LogP contribution < -0.4 is 4.74 Å². The van der Waals surface area contributed by atoms with Crippen LogP contribution in [0.2, 0.25) is 0 Å². The molecule has 1 aromatic carbocycles. The summed E-state index contributed by atoms with van der Waals surface area (Å²) in [7, 11) is -3.91. The van der Waals surface area contributed by atoms with E-state index in [9.17, 15) is 13.2 Å². The van der Waals surface area contributed by atoms with Gasteiger partial charge in [0.15, 0.2) is 5.70 Å². The van der Waals surface area contributed by atoms with Gasteiger partial charge in [-0.25, -0.2) is 13.2 Å². The maximum absolute atomic E-state index is 11.6. The van der Waals surface area contributed by atoms with Gasteiger partial charge in [0.05, 0.1) is 5.41 Å². The summed E-state index contributed by atoms with van der Waals surface area (Å²) in [4.78, 5) is 14.1. The third kappa shape index (κ3) is 2.40. The van der Waals surface area contributed by atoms with Crippen LogP contribution in [0.4, 0.5) is 0 Å². The minimum absolute atomic E-state index is 0.289. The lowest BCUT2D eigenvalue weighted by atomic mass is 10.2. The molecule has 0 unspecified atom stereocenters. The molecule has 0 aliphatic carbocycles. The first-order chi connectivity index (χ1) is 8.38. The molecule has 0 spiro atoms. The van der Waals surface area contributed by atoms with Crippen LogP contribution >= 0.6 is 0 Å². The number of aliphatic imine (C=N–C) groups is 1. The monoisotopic (exact) mass is 267 g/mol. The molecule has 1 N–H and O–H groups in total. The predicted octanol–water partition coefficient (Wildman–Crippen LogP) is 1.08. The summed E-state index contributed by atoms with van der Waals surface area (Å²) in [5.74, 6) is -1.13. The van der Waals surface area contributed by atoms with Crippen molar-refractivity contribution in [2.24, 2.45) is 4.99 Å². The molecule has 0 amide bonds. The number of rotatable bonds is 2. The van der Waals surface area contributed by atoms with Gasteiger partial charge in [0.2, 0.25) is 0 Å². The van der Waals surface area contributed by atoms with Crippen molar-refractivity contribution in [3.63, 3.8) is 0 Å². The Kier molecular flexibility index (Phi) is 2.92. The molecule has 7 heteroatoms. The minimum atomic E-state index is -3.91. The van der Waals surface area contributed by atoms with Crippen molar-refractivity contribution in [1.82, 2.24) is 0 Å². The van der Waals surface area contributed by atoms with Gasteiger partial charge in [-0.1, -0.05) is 12.1 Å². The number of sulfone groups is 1. The molecule has 1 aliphatic rings. The fourth-order valence-corrected chi connectivity index (χ4v) is 2.33. The smallest absolute Gasteiger partial charge is 0.355 e. The molecule has 1 heterocycles. The topological polar surface area (TPSA) is 93.0 Å². The van der Waals surface area contributed by atoms with Gasteiger partial charge in [0, 0.05) is 0 Å². The number of benzene rings is 1. The number of carboxylic acids is 1. The zero-order valence-electron chi connectivity index (χ0n) is 9.32. The van der Waals surface area contributed by atoms with Crippen molar-refractivity contribution in [2.75, 3.05) is 0 Å². The fourth-order valence-electron chi connectivity index (χ4n) is 1.34. The number of carboxylic acid groups (broad SMARTS) is 1. The SMILES string of the molecule is Cc1cccc(OC2=NC(C(=O)O)=CS2(=O)=O)c1. The molecule has 2 rings (SSSR count). The lowest BCUT2D eigenvalue weighted by Crippen LogP contribution is -2.16. The van der Waals surface area contributed by atoms with Gasteiger partial charge in [-0.15, -0.1) is 0 Å². The number of carbonyl (C=O) groups is 1. The molecule has 0 bridgehead atoms. The minimum Gasteiger partial charge on any atom is -0.476 e. The molecule has 0 fully saturated rings. The highest BCUT2D eigenvalue weighted by molar-refractivity contribution is 8.08. The van der Waals surface area contributed by atoms with E-state index in [4.69, 9.17) is 9.84 Å². The number of aliphatic carboxylic acids is 1. The van der Waals surface area contributed by atoms with E-state index in [0.717, 1.165) is 5.56 Å². The van der Waals surface area contributed by atoms with Crippen molar-refractivity contribution in [2.45, 2.75) is 6.92 Å². The molecule has 18 heavy (non-hydrogen) atoms. The summed E-state index contributed by atoms with van der Waals surface area (Å²) in [6.07, 6.45) is 0. The highest BCUT2D eigenvalue weighted by Crippen LogP contribution is 2.20.